The molecule has 0 aromatic rings. The van der Waals surface area contributed by atoms with Gasteiger partial charge < -0.3 is 0 Å². The standard InChI is InChI=1S/2C7H9.2C2H5.H2Si.Zr/c2*1-6-3-4-7(2)5-6;2*1-2;;/h2*5H,3H2,1-2H3;2*1H2,2H3;1H2;. The molecule has 0 unspecified atom stereocenters. The minimum atomic E-state index is -2.97. The first-order valence-electron chi connectivity index (χ1n) is 8.04. The van der Waals surface area contributed by atoms with Crippen molar-refractivity contribution >= 4 is 6.88 Å². The van der Waals surface area contributed by atoms with Crippen molar-refractivity contribution in [3.63, 3.8) is 0 Å². The molecule has 0 nitrogen and oxygen atoms in total. The quantitative estimate of drug-likeness (QED) is 0.589. The van der Waals surface area contributed by atoms with Crippen LogP contribution in [0, 0.1) is 0 Å². The molecular weight excluding hydrogens is 336 g/mol. The van der Waals surface area contributed by atoms with Crippen LogP contribution in [-0.4, -0.2) is 6.88 Å². The Balaban J connectivity index is 2.66. The van der Waals surface area contributed by atoms with Gasteiger partial charge in [0.15, 0.2) is 0 Å². The Morgan fingerprint density at radius 2 is 1.20 bits per heavy atom. The van der Waals surface area contributed by atoms with E-state index >= 15 is 0 Å². The summed E-state index contributed by atoms with van der Waals surface area (Å²) in [5.41, 5.74) is 6.37. The molecule has 0 aromatic heterocycles. The van der Waals surface area contributed by atoms with Gasteiger partial charge in [0.25, 0.3) is 0 Å². The minimum absolute atomic E-state index is 1.26. The molecule has 0 N–H and O–H groups in total. The summed E-state index contributed by atoms with van der Waals surface area (Å²) in [6.45, 7) is 16.8. The second-order valence-corrected chi connectivity index (χ2v) is 33.4. The topological polar surface area (TPSA) is 0 Å². The predicted molar refractivity (Wildman–Crippen MR) is 91.7 cm³/mol. The summed E-state index contributed by atoms with van der Waals surface area (Å²) in [4.78, 5) is 0. The fourth-order valence-corrected chi connectivity index (χ4v) is 24.8. The summed E-state index contributed by atoms with van der Waals surface area (Å²) in [6.07, 6.45) is 7.43. The molecule has 0 spiro atoms. The van der Waals surface area contributed by atoms with E-state index in [9.17, 15) is 0 Å². The van der Waals surface area contributed by atoms with Crippen molar-refractivity contribution in [2.24, 2.45) is 0 Å². The Kier molecular flexibility index (Phi) is 4.40. The van der Waals surface area contributed by atoms with Crippen LogP contribution in [0.4, 0.5) is 0 Å². The van der Waals surface area contributed by atoms with Crippen LogP contribution in [0.15, 0.2) is 41.0 Å². The summed E-state index contributed by atoms with van der Waals surface area (Å²) in [5, 5.41) is 0. The number of allylic oxidation sites excluding steroid dienone is 8. The molecule has 0 amide bonds. The first-order valence-corrected chi connectivity index (χ1v) is 19.9. The average molecular weight is 366 g/mol. The summed E-state index contributed by atoms with van der Waals surface area (Å²) in [6, 6.07) is 0. The second kappa shape index (κ2) is 5.36. The fourth-order valence-electron chi connectivity index (χ4n) is 4.63. The number of hydrogen-bond acceptors (Lipinski definition) is 0. The zero-order valence-corrected chi connectivity index (χ0v) is 18.1. The summed E-state index contributed by atoms with van der Waals surface area (Å²) in [5.74, 6) is 0. The predicted octanol–water partition coefficient (Wildman–Crippen LogP) is 5.35. The van der Waals surface area contributed by atoms with E-state index in [0.717, 1.165) is 0 Å². The van der Waals surface area contributed by atoms with Crippen LogP contribution in [0.3, 0.4) is 0 Å². The van der Waals surface area contributed by atoms with Crippen LogP contribution in [0.1, 0.15) is 54.4 Å². The third-order valence-electron chi connectivity index (χ3n) is 6.08. The fraction of sp³-hybridized carbons (Fsp3) is 0.556. The maximum atomic E-state index is 2.48. The van der Waals surface area contributed by atoms with E-state index in [2.05, 4.69) is 60.6 Å². The van der Waals surface area contributed by atoms with Gasteiger partial charge in [0.1, 0.15) is 0 Å². The van der Waals surface area contributed by atoms with Gasteiger partial charge in [-0.2, -0.15) is 0 Å². The molecule has 0 saturated carbocycles. The van der Waals surface area contributed by atoms with E-state index in [1.54, 1.807) is 22.3 Å². The molecule has 0 aliphatic heterocycles. The molecule has 0 heterocycles. The zero-order chi connectivity index (χ0) is 15.2. The van der Waals surface area contributed by atoms with Crippen LogP contribution in [0.5, 0.6) is 0 Å². The van der Waals surface area contributed by atoms with Crippen molar-refractivity contribution in [2.75, 3.05) is 0 Å². The summed E-state index contributed by atoms with van der Waals surface area (Å²) >= 11 is -2.97. The average Bonchev–Trinajstić information content (AvgIpc) is 2.92. The molecule has 0 bridgehead atoms. The Bertz CT molecular complexity index is 582. The van der Waals surface area contributed by atoms with E-state index < -0.39 is 17.4 Å². The molecule has 0 radical (unpaired) electrons. The summed E-state index contributed by atoms with van der Waals surface area (Å²) in [7, 11) is 0. The molecule has 0 saturated heterocycles. The third kappa shape index (κ3) is 2.28. The van der Waals surface area contributed by atoms with Crippen molar-refractivity contribution in [3.8, 4) is 0 Å². The van der Waals surface area contributed by atoms with Gasteiger partial charge in [-0.3, -0.25) is 0 Å². The van der Waals surface area contributed by atoms with E-state index in [1.807, 2.05) is 6.56 Å². The van der Waals surface area contributed by atoms with Crippen molar-refractivity contribution in [3.05, 3.63) is 41.0 Å². The monoisotopic (exact) mass is 364 g/mol. The number of hydrogen-bond donors (Lipinski definition) is 0. The molecule has 0 atom stereocenters. The van der Waals surface area contributed by atoms with Gasteiger partial charge in [-0.05, 0) is 0 Å². The molecule has 0 aromatic carbocycles. The van der Waals surface area contributed by atoms with Gasteiger partial charge in [-0.1, -0.05) is 0 Å². The van der Waals surface area contributed by atoms with Gasteiger partial charge in [-0.15, -0.1) is 0 Å². The van der Waals surface area contributed by atoms with Crippen LogP contribution >= 0.6 is 0 Å². The van der Waals surface area contributed by atoms with Crippen molar-refractivity contribution in [1.82, 2.24) is 0 Å². The van der Waals surface area contributed by atoms with Gasteiger partial charge in [0, 0.05) is 0 Å². The second-order valence-electron chi connectivity index (χ2n) is 7.30. The Morgan fingerprint density at radius 1 is 0.850 bits per heavy atom. The SMILES string of the molecule is C[CH2][Zr](=[SiH2])([CH2]C)([C]1=C(C)C=C(C)C1)[C]1=C(C)C=C(C)C1. The third-order valence-corrected chi connectivity index (χ3v) is 36.0. The Morgan fingerprint density at radius 3 is 1.40 bits per heavy atom. The van der Waals surface area contributed by atoms with Gasteiger partial charge in [0.2, 0.25) is 0 Å². The molecule has 2 rings (SSSR count). The van der Waals surface area contributed by atoms with Gasteiger partial charge >= 0.3 is 128 Å². The molecule has 110 valence electrons. The Hall–Kier alpha value is 0.0600. The molecule has 2 aliphatic rings. The van der Waals surface area contributed by atoms with E-state index in [-0.39, 0.29) is 0 Å². The normalized spacial score (nSPS) is 20.8. The molecular formula is C18H30SiZr. The summed E-state index contributed by atoms with van der Waals surface area (Å²) < 4.78 is 6.62. The van der Waals surface area contributed by atoms with Gasteiger partial charge in [-0.25, -0.2) is 0 Å². The van der Waals surface area contributed by atoms with Crippen LogP contribution in [-0.2, 0) is 17.4 Å². The van der Waals surface area contributed by atoms with E-state index in [0.29, 0.717) is 0 Å². The van der Waals surface area contributed by atoms with Crippen molar-refractivity contribution in [2.45, 2.75) is 62.6 Å². The Labute approximate surface area is 127 Å². The molecule has 0 fully saturated rings. The van der Waals surface area contributed by atoms with Crippen LogP contribution in [0.25, 0.3) is 0 Å². The van der Waals surface area contributed by atoms with E-state index in [4.69, 9.17) is 0 Å². The van der Waals surface area contributed by atoms with Gasteiger partial charge in [0.05, 0.1) is 0 Å². The maximum absolute atomic E-state index is 2.97. The number of rotatable bonds is 4. The first-order chi connectivity index (χ1) is 9.25. The zero-order valence-electron chi connectivity index (χ0n) is 14.2. The van der Waals surface area contributed by atoms with Crippen LogP contribution < -0.4 is 0 Å². The molecule has 2 heteroatoms. The van der Waals surface area contributed by atoms with Crippen molar-refractivity contribution < 1.29 is 17.4 Å². The molecule has 2 aliphatic carbocycles. The first kappa shape index (κ1) is 16.4. The van der Waals surface area contributed by atoms with Crippen LogP contribution in [0.2, 0.25) is 8.26 Å². The molecule has 20 heavy (non-hydrogen) atoms. The van der Waals surface area contributed by atoms with Crippen molar-refractivity contribution in [1.29, 1.82) is 0 Å². The van der Waals surface area contributed by atoms with E-state index in [1.165, 1.54) is 21.1 Å².